The van der Waals surface area contributed by atoms with Crippen molar-refractivity contribution in [3.05, 3.63) is 65.2 Å². The lowest BCUT2D eigenvalue weighted by Gasteiger charge is -2.18. The molecule has 0 spiro atoms. The second kappa shape index (κ2) is 8.87. The Labute approximate surface area is 148 Å². The molecule has 2 rings (SSSR count). The maximum Gasteiger partial charge on any atom is 0.253 e. The molecule has 0 radical (unpaired) electrons. The minimum Gasteiger partial charge on any atom is -0.497 e. The van der Waals surface area contributed by atoms with E-state index in [4.69, 9.17) is 4.74 Å². The predicted molar refractivity (Wildman–Crippen MR) is 97.9 cm³/mol. The van der Waals surface area contributed by atoms with Gasteiger partial charge in [-0.3, -0.25) is 9.59 Å². The summed E-state index contributed by atoms with van der Waals surface area (Å²) in [7, 11) is 1.59. The van der Waals surface area contributed by atoms with Gasteiger partial charge in [-0.15, -0.1) is 0 Å². The Kier molecular flexibility index (Phi) is 6.57. The highest BCUT2D eigenvalue weighted by Crippen LogP contribution is 2.12. The number of amides is 2. The summed E-state index contributed by atoms with van der Waals surface area (Å²) in [6.07, 6.45) is 0. The first-order valence-electron chi connectivity index (χ1n) is 8.39. The largest absolute Gasteiger partial charge is 0.497 e. The maximum atomic E-state index is 12.3. The number of benzene rings is 2. The number of ether oxygens (including phenoxy) is 1. The van der Waals surface area contributed by atoms with Gasteiger partial charge in [-0.2, -0.15) is 0 Å². The van der Waals surface area contributed by atoms with Crippen LogP contribution < -0.4 is 10.1 Å². The predicted octanol–water partition coefficient (Wildman–Crippen LogP) is 3.11. The first-order chi connectivity index (χ1) is 12.1. The lowest BCUT2D eigenvalue weighted by Crippen LogP contribution is -2.30. The lowest BCUT2D eigenvalue weighted by atomic mass is 10.1. The van der Waals surface area contributed by atoms with Crippen molar-refractivity contribution in [3.63, 3.8) is 0 Å². The molecule has 0 saturated heterocycles. The molecule has 25 heavy (non-hydrogen) atoms. The summed E-state index contributed by atoms with van der Waals surface area (Å²) >= 11 is 0. The van der Waals surface area contributed by atoms with Gasteiger partial charge in [0.25, 0.3) is 11.8 Å². The molecule has 132 valence electrons. The minimum absolute atomic E-state index is 0.0267. The molecule has 0 saturated carbocycles. The van der Waals surface area contributed by atoms with Gasteiger partial charge in [0.15, 0.2) is 0 Å². The van der Waals surface area contributed by atoms with E-state index in [0.29, 0.717) is 36.5 Å². The highest BCUT2D eigenvalue weighted by atomic mass is 16.5. The number of carbonyl (C=O) groups excluding carboxylic acids is 2. The van der Waals surface area contributed by atoms with E-state index in [-0.39, 0.29) is 11.8 Å². The number of methoxy groups -OCH3 is 1. The van der Waals surface area contributed by atoms with Gasteiger partial charge in [0.1, 0.15) is 5.75 Å². The Morgan fingerprint density at radius 2 is 1.48 bits per heavy atom. The number of rotatable bonds is 7. The maximum absolute atomic E-state index is 12.3. The van der Waals surface area contributed by atoms with E-state index in [9.17, 15) is 9.59 Å². The van der Waals surface area contributed by atoms with E-state index >= 15 is 0 Å². The molecule has 2 aromatic rings. The van der Waals surface area contributed by atoms with Crippen LogP contribution in [-0.4, -0.2) is 36.9 Å². The summed E-state index contributed by atoms with van der Waals surface area (Å²) in [6.45, 7) is 5.71. The summed E-state index contributed by atoms with van der Waals surface area (Å²) < 4.78 is 5.08. The molecule has 0 fully saturated rings. The molecule has 0 aromatic heterocycles. The molecule has 0 unspecified atom stereocenters. The minimum atomic E-state index is -0.147. The van der Waals surface area contributed by atoms with Crippen molar-refractivity contribution in [3.8, 4) is 5.75 Å². The van der Waals surface area contributed by atoms with Gasteiger partial charge >= 0.3 is 0 Å². The van der Waals surface area contributed by atoms with Crippen LogP contribution in [0.4, 0.5) is 0 Å². The summed E-state index contributed by atoms with van der Waals surface area (Å²) in [5.41, 5.74) is 2.18. The SMILES string of the molecule is CCN(CC)C(=O)c1ccc(CNC(=O)c2ccc(OC)cc2)cc1. The number of hydrogen-bond donors (Lipinski definition) is 1. The van der Waals surface area contributed by atoms with Crippen LogP contribution in [0.15, 0.2) is 48.5 Å². The van der Waals surface area contributed by atoms with E-state index in [2.05, 4.69) is 5.32 Å². The van der Waals surface area contributed by atoms with Gasteiger partial charge in [0.2, 0.25) is 0 Å². The standard InChI is InChI=1S/C20H24N2O3/c1-4-22(5-2)20(24)17-8-6-15(7-9-17)14-21-19(23)16-10-12-18(25-3)13-11-16/h6-13H,4-5,14H2,1-3H3,(H,21,23). The number of nitrogens with one attached hydrogen (secondary N) is 1. The van der Waals surface area contributed by atoms with Crippen LogP contribution in [0, 0.1) is 0 Å². The van der Waals surface area contributed by atoms with E-state index in [1.165, 1.54) is 0 Å². The fourth-order valence-corrected chi connectivity index (χ4v) is 2.49. The zero-order chi connectivity index (χ0) is 18.2. The molecule has 0 aliphatic rings. The van der Waals surface area contributed by atoms with Crippen LogP contribution in [0.1, 0.15) is 40.1 Å². The van der Waals surface area contributed by atoms with Crippen LogP contribution in [-0.2, 0) is 6.54 Å². The smallest absolute Gasteiger partial charge is 0.253 e. The van der Waals surface area contributed by atoms with Crippen molar-refractivity contribution < 1.29 is 14.3 Å². The third kappa shape index (κ3) is 4.83. The monoisotopic (exact) mass is 340 g/mol. The van der Waals surface area contributed by atoms with Gasteiger partial charge in [-0.25, -0.2) is 0 Å². The quantitative estimate of drug-likeness (QED) is 0.842. The summed E-state index contributed by atoms with van der Waals surface area (Å²) in [5.74, 6) is 0.592. The first-order valence-corrected chi connectivity index (χ1v) is 8.39. The molecule has 5 heteroatoms. The lowest BCUT2D eigenvalue weighted by molar-refractivity contribution is 0.0772. The third-order valence-corrected chi connectivity index (χ3v) is 4.06. The first kappa shape index (κ1) is 18.5. The number of nitrogens with zero attached hydrogens (tertiary/aromatic N) is 1. The van der Waals surface area contributed by atoms with E-state index < -0.39 is 0 Å². The zero-order valence-electron chi connectivity index (χ0n) is 14.9. The Hall–Kier alpha value is -2.82. The highest BCUT2D eigenvalue weighted by Gasteiger charge is 2.12. The van der Waals surface area contributed by atoms with Crippen LogP contribution in [0.2, 0.25) is 0 Å². The summed E-state index contributed by atoms with van der Waals surface area (Å²) in [4.78, 5) is 26.2. The molecule has 1 N–H and O–H groups in total. The molecule has 0 aliphatic heterocycles. The Morgan fingerprint density at radius 1 is 0.920 bits per heavy atom. The van der Waals surface area contributed by atoms with E-state index in [1.807, 2.05) is 26.0 Å². The highest BCUT2D eigenvalue weighted by molar-refractivity contribution is 5.95. The fraction of sp³-hybridized carbons (Fsp3) is 0.300. The van der Waals surface area contributed by atoms with Crippen molar-refractivity contribution in [2.45, 2.75) is 20.4 Å². The molecular formula is C20H24N2O3. The normalized spacial score (nSPS) is 10.2. The second-order valence-electron chi connectivity index (χ2n) is 5.59. The van der Waals surface area contributed by atoms with Gasteiger partial charge < -0.3 is 15.0 Å². The fourth-order valence-electron chi connectivity index (χ4n) is 2.49. The third-order valence-electron chi connectivity index (χ3n) is 4.06. The molecule has 0 aliphatic carbocycles. The van der Waals surface area contributed by atoms with Gasteiger partial charge in [0, 0.05) is 30.8 Å². The van der Waals surface area contributed by atoms with Crippen LogP contribution in [0.25, 0.3) is 0 Å². The van der Waals surface area contributed by atoms with Gasteiger partial charge in [-0.05, 0) is 55.8 Å². The van der Waals surface area contributed by atoms with Crippen molar-refractivity contribution in [1.82, 2.24) is 10.2 Å². The van der Waals surface area contributed by atoms with Crippen LogP contribution in [0.5, 0.6) is 5.75 Å². The summed E-state index contributed by atoms with van der Waals surface area (Å²) in [5, 5.41) is 2.87. The molecule has 2 amide bonds. The van der Waals surface area contributed by atoms with Crippen molar-refractivity contribution in [1.29, 1.82) is 0 Å². The number of carbonyl (C=O) groups is 2. The van der Waals surface area contributed by atoms with Crippen molar-refractivity contribution in [2.75, 3.05) is 20.2 Å². The van der Waals surface area contributed by atoms with E-state index in [1.54, 1.807) is 48.4 Å². The topological polar surface area (TPSA) is 58.6 Å². The molecule has 0 atom stereocenters. The Bertz CT molecular complexity index is 705. The van der Waals surface area contributed by atoms with Crippen molar-refractivity contribution >= 4 is 11.8 Å². The Balaban J connectivity index is 1.94. The number of hydrogen-bond acceptors (Lipinski definition) is 3. The average molecular weight is 340 g/mol. The van der Waals surface area contributed by atoms with Crippen molar-refractivity contribution in [2.24, 2.45) is 0 Å². The van der Waals surface area contributed by atoms with E-state index in [0.717, 1.165) is 5.56 Å². The Morgan fingerprint density at radius 3 is 2.00 bits per heavy atom. The average Bonchev–Trinajstić information content (AvgIpc) is 2.67. The molecule has 0 bridgehead atoms. The molecule has 0 heterocycles. The zero-order valence-corrected chi connectivity index (χ0v) is 14.9. The van der Waals surface area contributed by atoms with Crippen LogP contribution >= 0.6 is 0 Å². The molecular weight excluding hydrogens is 316 g/mol. The van der Waals surface area contributed by atoms with Gasteiger partial charge in [0.05, 0.1) is 7.11 Å². The second-order valence-corrected chi connectivity index (χ2v) is 5.59. The van der Waals surface area contributed by atoms with Gasteiger partial charge in [-0.1, -0.05) is 12.1 Å². The van der Waals surface area contributed by atoms with Crippen LogP contribution in [0.3, 0.4) is 0 Å². The molecule has 5 nitrogen and oxygen atoms in total. The summed E-state index contributed by atoms with van der Waals surface area (Å²) in [6, 6.07) is 14.3. The molecule has 2 aromatic carbocycles.